The Kier molecular flexibility index (Phi) is 3.96. The summed E-state index contributed by atoms with van der Waals surface area (Å²) in [5, 5.41) is 0. The number of esters is 1. The molecule has 0 radical (unpaired) electrons. The van der Waals surface area contributed by atoms with Crippen LogP contribution in [0.25, 0.3) is 0 Å². The molecule has 0 aliphatic heterocycles. The zero-order valence-electron chi connectivity index (χ0n) is 10.1. The van der Waals surface area contributed by atoms with E-state index in [0.717, 1.165) is 18.4 Å². The van der Waals surface area contributed by atoms with Gasteiger partial charge in [-0.15, -0.1) is 23.2 Å². The molecule has 0 amide bonds. The molecular formula is C12H18Cl2O2. The van der Waals surface area contributed by atoms with Crippen molar-refractivity contribution in [1.29, 1.82) is 0 Å². The van der Waals surface area contributed by atoms with Crippen molar-refractivity contribution in [3.05, 3.63) is 11.6 Å². The number of methoxy groups -OCH3 is 1. The van der Waals surface area contributed by atoms with Crippen molar-refractivity contribution in [2.45, 2.75) is 37.9 Å². The van der Waals surface area contributed by atoms with Gasteiger partial charge in [0, 0.05) is 17.4 Å². The normalized spacial score (nSPS) is 26.4. The highest BCUT2D eigenvalue weighted by molar-refractivity contribution is 6.51. The number of carbonyl (C=O) groups is 1. The van der Waals surface area contributed by atoms with E-state index in [-0.39, 0.29) is 11.4 Å². The molecule has 0 heterocycles. The van der Waals surface area contributed by atoms with Crippen LogP contribution in [0.5, 0.6) is 0 Å². The van der Waals surface area contributed by atoms with Crippen molar-refractivity contribution in [2.24, 2.45) is 11.3 Å². The number of halogens is 2. The molecule has 2 nitrogen and oxygen atoms in total. The second-order valence-corrected chi connectivity index (χ2v) is 6.34. The molecule has 4 heteroatoms. The van der Waals surface area contributed by atoms with Gasteiger partial charge in [0.2, 0.25) is 0 Å². The van der Waals surface area contributed by atoms with Crippen molar-refractivity contribution < 1.29 is 9.53 Å². The van der Waals surface area contributed by atoms with E-state index in [0.29, 0.717) is 5.92 Å². The molecule has 16 heavy (non-hydrogen) atoms. The number of carbonyl (C=O) groups excluding carboxylic acids is 1. The van der Waals surface area contributed by atoms with Crippen molar-refractivity contribution in [3.63, 3.8) is 0 Å². The van der Waals surface area contributed by atoms with Gasteiger partial charge in [-0.3, -0.25) is 0 Å². The topological polar surface area (TPSA) is 26.3 Å². The SMILES string of the molecule is COC(=O)C=C(C)CCC1C(C)(C)C1(Cl)Cl. The minimum Gasteiger partial charge on any atom is -0.466 e. The summed E-state index contributed by atoms with van der Waals surface area (Å²) in [7, 11) is 1.37. The molecule has 1 fully saturated rings. The molecule has 0 aromatic heterocycles. The molecule has 1 aliphatic carbocycles. The molecule has 1 aliphatic rings. The third kappa shape index (κ3) is 2.54. The van der Waals surface area contributed by atoms with Crippen molar-refractivity contribution in [2.75, 3.05) is 7.11 Å². The van der Waals surface area contributed by atoms with Gasteiger partial charge in [0.05, 0.1) is 7.11 Å². The molecule has 0 bridgehead atoms. The Morgan fingerprint density at radius 1 is 1.44 bits per heavy atom. The van der Waals surface area contributed by atoms with Crippen LogP contribution in [0.2, 0.25) is 0 Å². The summed E-state index contributed by atoms with van der Waals surface area (Å²) >= 11 is 12.3. The van der Waals surface area contributed by atoms with Crippen LogP contribution in [0, 0.1) is 11.3 Å². The van der Waals surface area contributed by atoms with Gasteiger partial charge in [-0.05, 0) is 19.8 Å². The summed E-state index contributed by atoms with van der Waals surface area (Å²) < 4.78 is 3.95. The summed E-state index contributed by atoms with van der Waals surface area (Å²) in [6, 6.07) is 0. The minimum atomic E-state index is -0.613. The second-order valence-electron chi connectivity index (χ2n) is 4.95. The Balaban J connectivity index is 2.43. The monoisotopic (exact) mass is 264 g/mol. The fraction of sp³-hybridized carbons (Fsp3) is 0.750. The Bertz CT molecular complexity index is 305. The number of alkyl halides is 2. The quantitative estimate of drug-likeness (QED) is 0.440. The predicted octanol–water partition coefficient (Wildman–Crippen LogP) is 3.72. The standard InChI is InChI=1S/C12H18Cl2O2/c1-8(7-10(15)16-4)5-6-9-11(2,3)12(9,13)14/h7,9H,5-6H2,1-4H3. The van der Waals surface area contributed by atoms with Crippen LogP contribution in [0.3, 0.4) is 0 Å². The van der Waals surface area contributed by atoms with Gasteiger partial charge in [-0.2, -0.15) is 0 Å². The van der Waals surface area contributed by atoms with E-state index >= 15 is 0 Å². The number of hydrogen-bond donors (Lipinski definition) is 0. The lowest BCUT2D eigenvalue weighted by molar-refractivity contribution is -0.134. The first-order valence-corrected chi connectivity index (χ1v) is 6.12. The molecule has 0 aromatic rings. The van der Waals surface area contributed by atoms with E-state index in [1.165, 1.54) is 13.2 Å². The zero-order chi connectivity index (χ0) is 12.6. The summed E-state index contributed by atoms with van der Waals surface area (Å²) in [4.78, 5) is 11.0. The summed E-state index contributed by atoms with van der Waals surface area (Å²) in [5.41, 5.74) is 0.973. The number of rotatable bonds is 4. The lowest BCUT2D eigenvalue weighted by Crippen LogP contribution is -1.97. The average Bonchev–Trinajstić information content (AvgIpc) is 2.54. The van der Waals surface area contributed by atoms with Gasteiger partial charge < -0.3 is 4.74 Å². The fourth-order valence-corrected chi connectivity index (χ4v) is 2.92. The number of ether oxygens (including phenoxy) is 1. The highest BCUT2D eigenvalue weighted by atomic mass is 35.5. The number of allylic oxidation sites excluding steroid dienone is 1. The van der Waals surface area contributed by atoms with Crippen LogP contribution in [0.15, 0.2) is 11.6 Å². The molecule has 0 N–H and O–H groups in total. The van der Waals surface area contributed by atoms with Crippen LogP contribution in [-0.4, -0.2) is 17.4 Å². The lowest BCUT2D eigenvalue weighted by atomic mass is 10.0. The van der Waals surface area contributed by atoms with E-state index in [9.17, 15) is 4.79 Å². The molecule has 92 valence electrons. The Morgan fingerprint density at radius 2 is 1.94 bits per heavy atom. The van der Waals surface area contributed by atoms with Crippen molar-refractivity contribution in [1.82, 2.24) is 0 Å². The predicted molar refractivity (Wildman–Crippen MR) is 66.7 cm³/mol. The van der Waals surface area contributed by atoms with Gasteiger partial charge in [0.1, 0.15) is 4.33 Å². The van der Waals surface area contributed by atoms with E-state index in [2.05, 4.69) is 18.6 Å². The van der Waals surface area contributed by atoms with E-state index in [1.54, 1.807) is 0 Å². The third-order valence-electron chi connectivity index (χ3n) is 3.48. The highest BCUT2D eigenvalue weighted by Crippen LogP contribution is 2.70. The summed E-state index contributed by atoms with van der Waals surface area (Å²) in [6.45, 7) is 6.05. The summed E-state index contributed by atoms with van der Waals surface area (Å²) in [6.07, 6.45) is 3.24. The van der Waals surface area contributed by atoms with Crippen molar-refractivity contribution in [3.8, 4) is 0 Å². The molecule has 0 aromatic carbocycles. The largest absolute Gasteiger partial charge is 0.466 e. The molecule has 1 unspecified atom stereocenters. The van der Waals surface area contributed by atoms with Gasteiger partial charge >= 0.3 is 5.97 Å². The molecule has 1 saturated carbocycles. The van der Waals surface area contributed by atoms with Crippen molar-refractivity contribution >= 4 is 29.2 Å². The minimum absolute atomic E-state index is 0.0261. The van der Waals surface area contributed by atoms with Crippen LogP contribution in [-0.2, 0) is 9.53 Å². The fourth-order valence-electron chi connectivity index (χ4n) is 2.00. The molecule has 0 saturated heterocycles. The van der Waals surface area contributed by atoms with Gasteiger partial charge in [0.25, 0.3) is 0 Å². The molecule has 1 rings (SSSR count). The maximum absolute atomic E-state index is 11.0. The van der Waals surface area contributed by atoms with Gasteiger partial charge in [-0.25, -0.2) is 4.79 Å². The first-order valence-electron chi connectivity index (χ1n) is 5.36. The third-order valence-corrected chi connectivity index (χ3v) is 4.98. The van der Waals surface area contributed by atoms with Gasteiger partial charge in [0.15, 0.2) is 0 Å². The number of hydrogen-bond acceptors (Lipinski definition) is 2. The van der Waals surface area contributed by atoms with E-state index in [1.807, 2.05) is 6.92 Å². The molecular weight excluding hydrogens is 247 g/mol. The maximum Gasteiger partial charge on any atom is 0.330 e. The first kappa shape index (κ1) is 13.9. The van der Waals surface area contributed by atoms with Gasteiger partial charge in [-0.1, -0.05) is 19.4 Å². The smallest absolute Gasteiger partial charge is 0.330 e. The maximum atomic E-state index is 11.0. The average molecular weight is 265 g/mol. The van der Waals surface area contributed by atoms with E-state index < -0.39 is 4.33 Å². The van der Waals surface area contributed by atoms with Crippen LogP contribution in [0.1, 0.15) is 33.6 Å². The zero-order valence-corrected chi connectivity index (χ0v) is 11.7. The lowest BCUT2D eigenvalue weighted by Gasteiger charge is -2.02. The van der Waals surface area contributed by atoms with E-state index in [4.69, 9.17) is 23.2 Å². The second kappa shape index (κ2) is 4.58. The Hall–Kier alpha value is -0.210. The van der Waals surface area contributed by atoms with Crippen LogP contribution in [0.4, 0.5) is 0 Å². The summed E-state index contributed by atoms with van der Waals surface area (Å²) in [5.74, 6) is -0.0140. The molecule has 1 atom stereocenters. The Morgan fingerprint density at radius 3 is 2.31 bits per heavy atom. The highest BCUT2D eigenvalue weighted by Gasteiger charge is 2.69. The molecule has 0 spiro atoms. The van der Waals surface area contributed by atoms with Crippen LogP contribution < -0.4 is 0 Å². The first-order chi connectivity index (χ1) is 7.23. The Labute approximate surface area is 107 Å². The van der Waals surface area contributed by atoms with Crippen LogP contribution >= 0.6 is 23.2 Å².